The van der Waals surface area contributed by atoms with E-state index in [0.29, 0.717) is 5.92 Å². The minimum Gasteiger partial charge on any atom is -0.246 e. The largest absolute Gasteiger partial charge is 0.257 e. The summed E-state index contributed by atoms with van der Waals surface area (Å²) >= 11 is 0. The molecule has 0 bridgehead atoms. The second-order valence-electron chi connectivity index (χ2n) is 8.61. The maximum Gasteiger partial charge on any atom is 0.257 e. The maximum atomic E-state index is 12.7. The van der Waals surface area contributed by atoms with Crippen LogP contribution in [0, 0.1) is 17.8 Å². The van der Waals surface area contributed by atoms with Gasteiger partial charge in [-0.1, -0.05) is 43.2 Å². The average molecular weight is 379 g/mol. The Bertz CT molecular complexity index is 562. The molecule has 0 atom stereocenters. The van der Waals surface area contributed by atoms with Gasteiger partial charge in [0.2, 0.25) is 0 Å². The van der Waals surface area contributed by atoms with Crippen LogP contribution in [0.15, 0.2) is 36.4 Å². The third-order valence-electron chi connectivity index (χ3n) is 6.96. The van der Waals surface area contributed by atoms with Crippen LogP contribution in [0.3, 0.4) is 0 Å². The minimum absolute atomic E-state index is 0.377. The zero-order chi connectivity index (χ0) is 19.1. The Morgan fingerprint density at radius 1 is 0.852 bits per heavy atom. The third-order valence-corrected chi connectivity index (χ3v) is 6.96. The van der Waals surface area contributed by atoms with Gasteiger partial charge in [-0.05, 0) is 92.2 Å². The van der Waals surface area contributed by atoms with Crippen LogP contribution >= 0.6 is 0 Å². The molecule has 2 aliphatic rings. The molecular weight excluding hydrogens is 345 g/mol. The van der Waals surface area contributed by atoms with Crippen molar-refractivity contribution >= 4 is 0 Å². The van der Waals surface area contributed by atoms with Crippen molar-refractivity contribution in [1.82, 2.24) is 0 Å². The van der Waals surface area contributed by atoms with Crippen molar-refractivity contribution in [3.63, 3.8) is 0 Å². The van der Waals surface area contributed by atoms with Crippen LogP contribution in [0.5, 0.6) is 0 Å². The number of benzene rings is 1. The summed E-state index contributed by atoms with van der Waals surface area (Å²) in [5.41, 5.74) is 2.15. The summed E-state index contributed by atoms with van der Waals surface area (Å²) in [6, 6.07) is 8.10. The highest BCUT2D eigenvalue weighted by atomic mass is 19.3. The van der Waals surface area contributed by atoms with Gasteiger partial charge in [0.1, 0.15) is 6.67 Å². The molecule has 2 fully saturated rings. The lowest BCUT2D eigenvalue weighted by atomic mass is 9.68. The van der Waals surface area contributed by atoms with Crippen molar-refractivity contribution in [3.05, 3.63) is 47.5 Å². The van der Waals surface area contributed by atoms with Gasteiger partial charge in [-0.3, -0.25) is 0 Å². The highest BCUT2D eigenvalue weighted by Crippen LogP contribution is 2.44. The molecule has 0 saturated heterocycles. The molecule has 0 N–H and O–H groups in total. The van der Waals surface area contributed by atoms with E-state index in [1.54, 1.807) is 6.08 Å². The van der Waals surface area contributed by atoms with E-state index in [1.807, 2.05) is 12.1 Å². The topological polar surface area (TPSA) is 0 Å². The van der Waals surface area contributed by atoms with Crippen LogP contribution < -0.4 is 0 Å². The van der Waals surface area contributed by atoms with Gasteiger partial charge in [0.05, 0.1) is 0 Å². The Balaban J connectivity index is 1.38. The van der Waals surface area contributed by atoms with Crippen LogP contribution in [-0.2, 0) is 6.67 Å². The summed E-state index contributed by atoms with van der Waals surface area (Å²) in [6.07, 6.45) is 12.6. The van der Waals surface area contributed by atoms with Crippen LogP contribution in [-0.4, -0.2) is 6.43 Å². The van der Waals surface area contributed by atoms with Crippen molar-refractivity contribution in [1.29, 1.82) is 0 Å². The van der Waals surface area contributed by atoms with E-state index >= 15 is 0 Å². The quantitative estimate of drug-likeness (QED) is 0.424. The molecule has 2 saturated carbocycles. The predicted molar refractivity (Wildman–Crippen MR) is 106 cm³/mol. The number of rotatable bonds is 7. The summed E-state index contributed by atoms with van der Waals surface area (Å²) in [5, 5.41) is 0. The lowest BCUT2D eigenvalue weighted by Gasteiger charge is -2.38. The van der Waals surface area contributed by atoms with Crippen LogP contribution in [0.1, 0.15) is 81.3 Å². The smallest absolute Gasteiger partial charge is 0.246 e. The van der Waals surface area contributed by atoms with Gasteiger partial charge >= 0.3 is 0 Å². The normalized spacial score (nSPS) is 29.5. The Morgan fingerprint density at radius 3 is 2.00 bits per heavy atom. The van der Waals surface area contributed by atoms with Crippen molar-refractivity contribution in [2.45, 2.75) is 83.2 Å². The van der Waals surface area contributed by atoms with Crippen molar-refractivity contribution in [2.75, 3.05) is 0 Å². The van der Waals surface area contributed by atoms with E-state index in [9.17, 15) is 13.2 Å². The molecule has 0 nitrogen and oxygen atoms in total. The zero-order valence-electron chi connectivity index (χ0n) is 16.3. The fourth-order valence-corrected chi connectivity index (χ4v) is 5.28. The highest BCUT2D eigenvalue weighted by Gasteiger charge is 2.31. The molecule has 3 heteroatoms. The van der Waals surface area contributed by atoms with E-state index < -0.39 is 6.43 Å². The van der Waals surface area contributed by atoms with Gasteiger partial charge in [0.25, 0.3) is 6.43 Å². The summed E-state index contributed by atoms with van der Waals surface area (Å²) < 4.78 is 36.9. The van der Waals surface area contributed by atoms with E-state index in [2.05, 4.69) is 12.1 Å². The molecule has 0 spiro atoms. The highest BCUT2D eigenvalue weighted by molar-refractivity contribution is 5.25. The van der Waals surface area contributed by atoms with E-state index in [0.717, 1.165) is 42.2 Å². The molecule has 0 aliphatic heterocycles. The van der Waals surface area contributed by atoms with Crippen molar-refractivity contribution in [3.8, 4) is 0 Å². The zero-order valence-corrected chi connectivity index (χ0v) is 16.3. The molecule has 0 unspecified atom stereocenters. The van der Waals surface area contributed by atoms with Gasteiger partial charge in [0, 0.05) is 0 Å². The number of hydrogen-bond acceptors (Lipinski definition) is 0. The molecule has 3 rings (SSSR count). The van der Waals surface area contributed by atoms with Crippen molar-refractivity contribution in [2.24, 2.45) is 17.8 Å². The summed E-state index contributed by atoms with van der Waals surface area (Å²) in [5.74, 6) is 3.11. The first kappa shape index (κ1) is 20.5. The molecule has 27 heavy (non-hydrogen) atoms. The monoisotopic (exact) mass is 378 g/mol. The Hall–Kier alpha value is -1.25. The Morgan fingerprint density at radius 2 is 1.44 bits per heavy atom. The number of allylic oxidation sites excluding steroid dienone is 2. The van der Waals surface area contributed by atoms with Crippen LogP contribution in [0.2, 0.25) is 0 Å². The molecule has 0 heterocycles. The lowest BCUT2D eigenvalue weighted by molar-refractivity contribution is 0.157. The van der Waals surface area contributed by atoms with Gasteiger partial charge in [-0.15, -0.1) is 0 Å². The Labute approximate surface area is 162 Å². The molecule has 2 aliphatic carbocycles. The van der Waals surface area contributed by atoms with Gasteiger partial charge < -0.3 is 0 Å². The van der Waals surface area contributed by atoms with E-state index in [1.165, 1.54) is 56.9 Å². The fourth-order valence-electron chi connectivity index (χ4n) is 5.28. The summed E-state index contributed by atoms with van der Waals surface area (Å²) in [7, 11) is 0. The first-order valence-electron chi connectivity index (χ1n) is 10.7. The number of hydrogen-bond donors (Lipinski definition) is 0. The Kier molecular flexibility index (Phi) is 7.84. The van der Waals surface area contributed by atoms with Crippen LogP contribution in [0.25, 0.3) is 0 Å². The maximum absolute atomic E-state index is 12.7. The molecule has 150 valence electrons. The standard InChI is InChI=1S/C24H33F3/c25-17-19-7-11-21(12-8-19)23-15-13-22(14-16-23)20-9-5-18(6-10-20)3-1-2-4-24(26)27/h2,4,7-8,11-12,18,20,22-24H,1,3,5-6,9-10,13-17H2. The number of alkyl halides is 3. The first-order valence-corrected chi connectivity index (χ1v) is 10.7. The van der Waals surface area contributed by atoms with Gasteiger partial charge in [-0.25, -0.2) is 13.2 Å². The summed E-state index contributed by atoms with van der Waals surface area (Å²) in [6.45, 7) is -0.377. The second kappa shape index (κ2) is 10.3. The number of halogens is 3. The molecular formula is C24H33F3. The van der Waals surface area contributed by atoms with Gasteiger partial charge in [-0.2, -0.15) is 0 Å². The molecule has 1 aromatic rings. The van der Waals surface area contributed by atoms with Crippen LogP contribution in [0.4, 0.5) is 13.2 Å². The van der Waals surface area contributed by atoms with Gasteiger partial charge in [0.15, 0.2) is 0 Å². The van der Waals surface area contributed by atoms with E-state index in [-0.39, 0.29) is 6.67 Å². The van der Waals surface area contributed by atoms with Crippen molar-refractivity contribution < 1.29 is 13.2 Å². The predicted octanol–water partition coefficient (Wildman–Crippen LogP) is 7.84. The fraction of sp³-hybridized carbons (Fsp3) is 0.667. The average Bonchev–Trinajstić information content (AvgIpc) is 2.72. The van der Waals surface area contributed by atoms with E-state index in [4.69, 9.17) is 0 Å². The molecule has 0 radical (unpaired) electrons. The SMILES string of the molecule is FCc1ccc(C2CCC(C3CCC(CCC=CC(F)F)CC3)CC2)cc1. The summed E-state index contributed by atoms with van der Waals surface area (Å²) in [4.78, 5) is 0. The second-order valence-corrected chi connectivity index (χ2v) is 8.61. The molecule has 0 amide bonds. The minimum atomic E-state index is -2.31. The molecule has 1 aromatic carbocycles. The lowest BCUT2D eigenvalue weighted by Crippen LogP contribution is -2.25. The molecule has 0 aromatic heterocycles. The first-order chi connectivity index (χ1) is 13.2. The third kappa shape index (κ3) is 6.12.